The Morgan fingerprint density at radius 3 is 1.61 bits per heavy atom. The van der Waals surface area contributed by atoms with Crippen molar-refractivity contribution < 1.29 is 28.5 Å². The number of carbonyl (C=O) groups excluding carboxylic acids is 2. The van der Waals surface area contributed by atoms with E-state index in [4.69, 9.17) is 30.5 Å². The zero-order chi connectivity index (χ0) is 32.9. The van der Waals surface area contributed by atoms with E-state index in [1.807, 2.05) is 38.5 Å². The molecule has 2 heterocycles. The van der Waals surface area contributed by atoms with Gasteiger partial charge in [0.15, 0.2) is 11.2 Å². The zero-order valence-corrected chi connectivity index (χ0v) is 31.3. The molecule has 2 aromatic heterocycles. The van der Waals surface area contributed by atoms with Crippen molar-refractivity contribution in [1.82, 2.24) is 19.9 Å². The van der Waals surface area contributed by atoms with E-state index in [1.54, 1.807) is 37.7 Å². The lowest BCUT2D eigenvalue weighted by atomic mass is 9.78. The molecular weight excluding hydrogens is 739 g/mol. The van der Waals surface area contributed by atoms with Crippen LogP contribution < -0.4 is 0 Å². The molecule has 0 aliphatic heterocycles. The maximum atomic E-state index is 11.9. The van der Waals surface area contributed by atoms with Gasteiger partial charge in [-0.1, -0.05) is 22.6 Å². The number of hydrogen-bond donors (Lipinski definition) is 0. The summed E-state index contributed by atoms with van der Waals surface area (Å²) in [5.74, 6) is 0.661. The first-order chi connectivity index (χ1) is 20.9. The number of aromatic nitrogens is 4. The molecule has 0 atom stereocenters. The molecule has 44 heavy (non-hydrogen) atoms. The Labute approximate surface area is 288 Å². The number of hydrogen-bond acceptors (Lipinski definition) is 12. The topological polar surface area (TPSA) is 123 Å². The number of aryl methyl sites for hydroxylation is 2. The van der Waals surface area contributed by atoms with Crippen molar-refractivity contribution in [3.63, 3.8) is 0 Å². The van der Waals surface area contributed by atoms with Crippen molar-refractivity contribution >= 4 is 69.7 Å². The molecule has 2 saturated carbocycles. The minimum Gasteiger partial charge on any atom is -0.467 e. The van der Waals surface area contributed by atoms with Crippen LogP contribution >= 0.6 is 57.7 Å². The monoisotopic (exact) mass is 782 g/mol. The lowest BCUT2D eigenvalue weighted by Crippen LogP contribution is -2.45. The normalized spacial score (nSPS) is 24.6. The average molecular weight is 783 g/mol. The minimum atomic E-state index is -0.794. The fourth-order valence-corrected chi connectivity index (χ4v) is 7.04. The van der Waals surface area contributed by atoms with E-state index in [9.17, 15) is 9.59 Å². The maximum absolute atomic E-state index is 11.9. The Morgan fingerprint density at radius 2 is 1.20 bits per heavy atom. The molecule has 2 fully saturated rings. The standard InChI is InChI=1S/C15H22N2O3S.C9H15IO3.C6H7ClN2S/c1-10-9-12(21-4)17-13(16-10)11-5-7-15(20-3,8-6-11)14(18)19-2;1-12-8(11)9(13-2)5-3-7(10)4-6-9;1-4-3-5(10-2)9-6(7)8-4/h9,11H,5-8H2,1-4H3;7H,3-6H2,1-2H3;3H,1-2H3. The number of methoxy groups -OCH3 is 4. The van der Waals surface area contributed by atoms with Crippen LogP contribution in [0.2, 0.25) is 5.28 Å². The third-order valence-electron chi connectivity index (χ3n) is 7.85. The van der Waals surface area contributed by atoms with Gasteiger partial charge in [-0.15, -0.1) is 23.5 Å². The number of thioether (sulfide) groups is 2. The quantitative estimate of drug-likeness (QED) is 0.0733. The molecular formula is C30H44ClIN4O6S2. The van der Waals surface area contributed by atoms with Crippen LogP contribution in [0, 0.1) is 13.8 Å². The molecule has 14 heteroatoms. The molecule has 246 valence electrons. The van der Waals surface area contributed by atoms with Crippen LogP contribution in [0.4, 0.5) is 0 Å². The van der Waals surface area contributed by atoms with Gasteiger partial charge in [-0.25, -0.2) is 29.5 Å². The second-order valence-corrected chi connectivity index (χ2v) is 14.3. The third-order valence-corrected chi connectivity index (χ3v) is 10.5. The molecule has 2 aliphatic carbocycles. The molecule has 0 aromatic carbocycles. The summed E-state index contributed by atoms with van der Waals surface area (Å²) in [5.41, 5.74) is 0.443. The van der Waals surface area contributed by atoms with Gasteiger partial charge in [-0.3, -0.25) is 0 Å². The highest BCUT2D eigenvalue weighted by Crippen LogP contribution is 2.40. The summed E-state index contributed by atoms with van der Waals surface area (Å²) in [4.78, 5) is 40.5. The van der Waals surface area contributed by atoms with Crippen LogP contribution in [0.1, 0.15) is 74.5 Å². The van der Waals surface area contributed by atoms with Gasteiger partial charge in [0.05, 0.1) is 19.2 Å². The largest absolute Gasteiger partial charge is 0.467 e. The molecule has 0 amide bonds. The molecule has 2 aliphatic rings. The second kappa shape index (κ2) is 18.8. The predicted molar refractivity (Wildman–Crippen MR) is 183 cm³/mol. The van der Waals surface area contributed by atoms with E-state index >= 15 is 0 Å². The molecule has 10 nitrogen and oxygen atoms in total. The van der Waals surface area contributed by atoms with Gasteiger partial charge >= 0.3 is 11.9 Å². The summed E-state index contributed by atoms with van der Waals surface area (Å²) >= 11 is 11.2. The highest BCUT2D eigenvalue weighted by Gasteiger charge is 2.44. The molecule has 0 saturated heterocycles. The number of rotatable bonds is 7. The van der Waals surface area contributed by atoms with Crippen molar-refractivity contribution in [1.29, 1.82) is 0 Å². The van der Waals surface area contributed by atoms with Crippen molar-refractivity contribution in [3.05, 3.63) is 34.6 Å². The van der Waals surface area contributed by atoms with Gasteiger partial charge in [0.2, 0.25) is 5.28 Å². The maximum Gasteiger partial charge on any atom is 0.338 e. The Kier molecular flexibility index (Phi) is 16.6. The lowest BCUT2D eigenvalue weighted by Gasteiger charge is -2.36. The van der Waals surface area contributed by atoms with E-state index in [0.29, 0.717) is 22.0 Å². The van der Waals surface area contributed by atoms with Crippen LogP contribution in [-0.2, 0) is 28.5 Å². The Hall–Kier alpha value is -1.26. The van der Waals surface area contributed by atoms with Crippen molar-refractivity contribution in [2.45, 2.75) is 96.3 Å². The molecule has 2 aromatic rings. The van der Waals surface area contributed by atoms with Gasteiger partial charge < -0.3 is 18.9 Å². The van der Waals surface area contributed by atoms with E-state index in [2.05, 4.69) is 42.5 Å². The highest BCUT2D eigenvalue weighted by molar-refractivity contribution is 14.1. The fourth-order valence-electron chi connectivity index (χ4n) is 5.20. The first-order valence-electron chi connectivity index (χ1n) is 14.3. The first kappa shape index (κ1) is 38.9. The van der Waals surface area contributed by atoms with Crippen LogP contribution in [0.3, 0.4) is 0 Å². The summed E-state index contributed by atoms with van der Waals surface area (Å²) in [5, 5.41) is 2.23. The number of esters is 2. The van der Waals surface area contributed by atoms with Gasteiger partial charge in [0.1, 0.15) is 10.9 Å². The Morgan fingerprint density at radius 1 is 0.773 bits per heavy atom. The van der Waals surface area contributed by atoms with Crippen molar-refractivity contribution in [2.24, 2.45) is 0 Å². The molecule has 0 bridgehead atoms. The SMILES string of the molecule is COC(=O)C1(OC)CCC(I)CC1.COC(=O)C1(OC)CCC(c2nc(C)cc(SC)n2)CC1.CSc1cc(C)nc(Cl)n1. The van der Waals surface area contributed by atoms with Crippen molar-refractivity contribution in [2.75, 3.05) is 41.0 Å². The number of halogens is 2. The van der Waals surface area contributed by atoms with Crippen molar-refractivity contribution in [3.8, 4) is 0 Å². The van der Waals surface area contributed by atoms with Crippen LogP contribution in [0.15, 0.2) is 22.2 Å². The Bertz CT molecular complexity index is 1210. The summed E-state index contributed by atoms with van der Waals surface area (Å²) in [6, 6.07) is 3.89. The third kappa shape index (κ3) is 10.9. The molecule has 0 spiro atoms. The number of ether oxygens (including phenoxy) is 4. The molecule has 0 N–H and O–H groups in total. The average Bonchev–Trinajstić information content (AvgIpc) is 3.04. The van der Waals surface area contributed by atoms with Crippen LogP contribution in [0.5, 0.6) is 0 Å². The molecule has 0 radical (unpaired) electrons. The van der Waals surface area contributed by atoms with Gasteiger partial charge in [-0.2, -0.15) is 0 Å². The zero-order valence-electron chi connectivity index (χ0n) is 26.8. The van der Waals surface area contributed by atoms with E-state index in [0.717, 1.165) is 65.8 Å². The highest BCUT2D eigenvalue weighted by atomic mass is 127. The van der Waals surface area contributed by atoms with E-state index < -0.39 is 11.2 Å². The molecule has 0 unspecified atom stereocenters. The van der Waals surface area contributed by atoms with E-state index in [-0.39, 0.29) is 17.9 Å². The second-order valence-electron chi connectivity index (χ2n) is 10.6. The van der Waals surface area contributed by atoms with Gasteiger partial charge in [0, 0.05) is 35.4 Å². The number of alkyl halides is 1. The van der Waals surface area contributed by atoms with Crippen LogP contribution in [0.25, 0.3) is 0 Å². The lowest BCUT2D eigenvalue weighted by molar-refractivity contribution is -0.170. The Balaban J connectivity index is 0.000000250. The smallest absolute Gasteiger partial charge is 0.338 e. The molecule has 4 rings (SSSR count). The summed E-state index contributed by atoms with van der Waals surface area (Å²) in [6.07, 6.45) is 10.6. The minimum absolute atomic E-state index is 0.224. The fraction of sp³-hybridized carbons (Fsp3) is 0.667. The number of nitrogens with zero attached hydrogens (tertiary/aromatic N) is 4. The predicted octanol–water partition coefficient (Wildman–Crippen LogP) is 6.81. The van der Waals surface area contributed by atoms with Gasteiger partial charge in [0.25, 0.3) is 0 Å². The summed E-state index contributed by atoms with van der Waals surface area (Å²) in [7, 11) is 5.99. The summed E-state index contributed by atoms with van der Waals surface area (Å²) < 4.78 is 21.1. The van der Waals surface area contributed by atoms with Crippen LogP contribution in [-0.4, -0.2) is 88.0 Å². The van der Waals surface area contributed by atoms with Gasteiger partial charge in [-0.05, 0) is 101 Å². The van der Waals surface area contributed by atoms with E-state index in [1.165, 1.54) is 14.2 Å². The first-order valence-corrected chi connectivity index (χ1v) is 18.3. The summed E-state index contributed by atoms with van der Waals surface area (Å²) in [6.45, 7) is 3.88. The number of carbonyl (C=O) groups is 2.